The Bertz CT molecular complexity index is 894. The summed E-state index contributed by atoms with van der Waals surface area (Å²) in [5, 5.41) is 0. The minimum absolute atomic E-state index is 0.0409. The maximum atomic E-state index is 12.9. The maximum Gasteiger partial charge on any atom is 0.338 e. The van der Waals surface area contributed by atoms with Crippen LogP contribution >= 0.6 is 0 Å². The fourth-order valence-corrected chi connectivity index (χ4v) is 3.52. The molecule has 140 valence electrons. The average Bonchev–Trinajstić information content (AvgIpc) is 2.66. The van der Waals surface area contributed by atoms with Crippen molar-refractivity contribution in [1.29, 1.82) is 0 Å². The number of carbonyl (C=O) groups excluding carboxylic acids is 1. The fourth-order valence-electron chi connectivity index (χ4n) is 2.32. The predicted octanol–water partition coefficient (Wildman–Crippen LogP) is 2.71. The summed E-state index contributed by atoms with van der Waals surface area (Å²) >= 11 is 0. The Balaban J connectivity index is 2.41. The van der Waals surface area contributed by atoms with Gasteiger partial charge in [0.15, 0.2) is 11.5 Å². The van der Waals surface area contributed by atoms with Crippen LogP contribution in [0.1, 0.15) is 17.3 Å². The summed E-state index contributed by atoms with van der Waals surface area (Å²) in [5.74, 6) is 0.229. The molecular weight excluding hydrogens is 358 g/mol. The molecule has 0 spiro atoms. The Labute approximate surface area is 153 Å². The van der Waals surface area contributed by atoms with Crippen molar-refractivity contribution >= 4 is 21.7 Å². The van der Waals surface area contributed by atoms with E-state index in [2.05, 4.69) is 0 Å². The van der Waals surface area contributed by atoms with Gasteiger partial charge in [-0.1, -0.05) is 6.07 Å². The van der Waals surface area contributed by atoms with Crippen molar-refractivity contribution < 1.29 is 27.4 Å². The smallest absolute Gasteiger partial charge is 0.338 e. The van der Waals surface area contributed by atoms with Crippen LogP contribution in [0.5, 0.6) is 11.5 Å². The third-order valence-corrected chi connectivity index (χ3v) is 5.52. The van der Waals surface area contributed by atoms with Crippen molar-refractivity contribution in [2.45, 2.75) is 11.8 Å². The number of esters is 1. The molecule has 7 nitrogen and oxygen atoms in total. The first-order chi connectivity index (χ1) is 12.3. The number of rotatable bonds is 7. The molecule has 0 aromatic heterocycles. The van der Waals surface area contributed by atoms with Gasteiger partial charge in [0.25, 0.3) is 10.0 Å². The van der Waals surface area contributed by atoms with Crippen molar-refractivity contribution in [1.82, 2.24) is 0 Å². The van der Waals surface area contributed by atoms with Crippen molar-refractivity contribution in [2.24, 2.45) is 0 Å². The second kappa shape index (κ2) is 8.09. The van der Waals surface area contributed by atoms with Gasteiger partial charge in [0.2, 0.25) is 0 Å². The lowest BCUT2D eigenvalue weighted by Crippen LogP contribution is -2.26. The van der Waals surface area contributed by atoms with E-state index in [0.29, 0.717) is 17.2 Å². The largest absolute Gasteiger partial charge is 0.493 e. The molecule has 2 aromatic rings. The zero-order valence-electron chi connectivity index (χ0n) is 15.1. The van der Waals surface area contributed by atoms with E-state index in [1.165, 1.54) is 45.5 Å². The summed E-state index contributed by atoms with van der Waals surface area (Å²) in [6.45, 7) is 1.94. The first kappa shape index (κ1) is 19.6. The van der Waals surface area contributed by atoms with Crippen LogP contribution in [-0.2, 0) is 14.8 Å². The van der Waals surface area contributed by atoms with Gasteiger partial charge in [0.05, 0.1) is 37.0 Å². The Hall–Kier alpha value is -2.74. The fraction of sp³-hybridized carbons (Fsp3) is 0.278. The van der Waals surface area contributed by atoms with Gasteiger partial charge < -0.3 is 14.2 Å². The SMILES string of the molecule is CCOC(=O)c1cccc(N(C)S(=O)(=O)c2ccc(OC)c(OC)c2)c1. The van der Waals surface area contributed by atoms with Crippen LogP contribution in [-0.4, -0.2) is 42.3 Å². The van der Waals surface area contributed by atoms with Gasteiger partial charge in [0.1, 0.15) is 0 Å². The molecule has 0 N–H and O–H groups in total. The molecule has 0 bridgehead atoms. The Kier molecular flexibility index (Phi) is 6.10. The normalized spacial score (nSPS) is 10.9. The number of anilines is 1. The van der Waals surface area contributed by atoms with Gasteiger partial charge in [-0.3, -0.25) is 4.31 Å². The van der Waals surface area contributed by atoms with Crippen LogP contribution in [0.4, 0.5) is 5.69 Å². The van der Waals surface area contributed by atoms with Crippen LogP contribution < -0.4 is 13.8 Å². The summed E-state index contributed by atoms with van der Waals surface area (Å²) in [6.07, 6.45) is 0. The second-order valence-electron chi connectivity index (χ2n) is 5.26. The van der Waals surface area contributed by atoms with Gasteiger partial charge in [-0.25, -0.2) is 13.2 Å². The maximum absolute atomic E-state index is 12.9. The lowest BCUT2D eigenvalue weighted by Gasteiger charge is -2.20. The zero-order valence-corrected chi connectivity index (χ0v) is 15.9. The molecule has 0 aliphatic rings. The van der Waals surface area contributed by atoms with E-state index in [1.807, 2.05) is 0 Å². The standard InChI is InChI=1S/C18H21NO6S/c1-5-25-18(20)13-7-6-8-14(11-13)19(2)26(21,22)15-9-10-16(23-3)17(12-15)24-4/h6-12H,5H2,1-4H3. The molecule has 0 atom stereocenters. The van der Waals surface area contributed by atoms with Crippen molar-refractivity contribution in [2.75, 3.05) is 32.2 Å². The Morgan fingerprint density at radius 3 is 2.35 bits per heavy atom. The molecule has 0 unspecified atom stereocenters. The number of sulfonamides is 1. The Morgan fingerprint density at radius 2 is 1.73 bits per heavy atom. The monoisotopic (exact) mass is 379 g/mol. The second-order valence-corrected chi connectivity index (χ2v) is 7.23. The number of methoxy groups -OCH3 is 2. The lowest BCUT2D eigenvalue weighted by molar-refractivity contribution is 0.0526. The molecule has 8 heteroatoms. The van der Waals surface area contributed by atoms with E-state index >= 15 is 0 Å². The third-order valence-electron chi connectivity index (χ3n) is 3.73. The van der Waals surface area contributed by atoms with Gasteiger partial charge >= 0.3 is 5.97 Å². The molecule has 0 heterocycles. The quantitative estimate of drug-likeness (QED) is 0.688. The minimum Gasteiger partial charge on any atom is -0.493 e. The van der Waals surface area contributed by atoms with E-state index in [1.54, 1.807) is 25.1 Å². The highest BCUT2D eigenvalue weighted by molar-refractivity contribution is 7.92. The lowest BCUT2D eigenvalue weighted by atomic mass is 10.2. The summed E-state index contributed by atoms with van der Waals surface area (Å²) in [7, 11) is 0.457. The first-order valence-corrected chi connectivity index (χ1v) is 9.27. The number of hydrogen-bond donors (Lipinski definition) is 0. The van der Waals surface area contributed by atoms with Crippen LogP contribution in [0, 0.1) is 0 Å². The number of hydrogen-bond acceptors (Lipinski definition) is 6. The summed E-state index contributed by atoms with van der Waals surface area (Å²) in [4.78, 5) is 11.9. The van der Waals surface area contributed by atoms with Crippen LogP contribution in [0.25, 0.3) is 0 Å². The molecular formula is C18H21NO6S. The molecule has 26 heavy (non-hydrogen) atoms. The molecule has 0 saturated carbocycles. The van der Waals surface area contributed by atoms with Crippen LogP contribution in [0.15, 0.2) is 47.4 Å². The molecule has 2 rings (SSSR count). The third kappa shape index (κ3) is 3.91. The molecule has 2 aromatic carbocycles. The Morgan fingerprint density at radius 1 is 1.04 bits per heavy atom. The number of ether oxygens (including phenoxy) is 3. The van der Waals surface area contributed by atoms with E-state index in [9.17, 15) is 13.2 Å². The minimum atomic E-state index is -3.86. The zero-order chi connectivity index (χ0) is 19.3. The average molecular weight is 379 g/mol. The van der Waals surface area contributed by atoms with E-state index in [4.69, 9.17) is 14.2 Å². The van der Waals surface area contributed by atoms with E-state index < -0.39 is 16.0 Å². The summed E-state index contributed by atoms with van der Waals surface area (Å²) < 4.78 is 42.2. The number of nitrogens with zero attached hydrogens (tertiary/aromatic N) is 1. The first-order valence-electron chi connectivity index (χ1n) is 7.83. The van der Waals surface area contributed by atoms with Crippen molar-refractivity contribution in [3.8, 4) is 11.5 Å². The molecule has 0 aliphatic heterocycles. The molecule has 0 fully saturated rings. The van der Waals surface area contributed by atoms with Crippen LogP contribution in [0.2, 0.25) is 0 Å². The highest BCUT2D eigenvalue weighted by Crippen LogP contribution is 2.31. The van der Waals surface area contributed by atoms with Crippen molar-refractivity contribution in [3.05, 3.63) is 48.0 Å². The molecule has 0 saturated heterocycles. The number of benzene rings is 2. The van der Waals surface area contributed by atoms with Gasteiger partial charge in [-0.15, -0.1) is 0 Å². The summed E-state index contributed by atoms with van der Waals surface area (Å²) in [6, 6.07) is 10.6. The van der Waals surface area contributed by atoms with Crippen LogP contribution in [0.3, 0.4) is 0 Å². The van der Waals surface area contributed by atoms with E-state index in [0.717, 1.165) is 4.31 Å². The predicted molar refractivity (Wildman–Crippen MR) is 97.5 cm³/mol. The molecule has 0 aliphatic carbocycles. The molecule has 0 radical (unpaired) electrons. The van der Waals surface area contributed by atoms with Gasteiger partial charge in [0, 0.05) is 13.1 Å². The topological polar surface area (TPSA) is 82.1 Å². The highest BCUT2D eigenvalue weighted by Gasteiger charge is 2.23. The molecule has 0 amide bonds. The van der Waals surface area contributed by atoms with Gasteiger partial charge in [-0.05, 0) is 37.3 Å². The van der Waals surface area contributed by atoms with Crippen molar-refractivity contribution in [3.63, 3.8) is 0 Å². The number of carbonyl (C=O) groups is 1. The highest BCUT2D eigenvalue weighted by atomic mass is 32.2. The summed E-state index contributed by atoms with van der Waals surface area (Å²) in [5.41, 5.74) is 0.615. The van der Waals surface area contributed by atoms with E-state index in [-0.39, 0.29) is 17.1 Å². The van der Waals surface area contributed by atoms with Gasteiger partial charge in [-0.2, -0.15) is 0 Å².